The number of hydrogen-bond acceptors (Lipinski definition) is 3. The number of benzene rings is 1. The van der Waals surface area contributed by atoms with Crippen LogP contribution in [0.2, 0.25) is 0 Å². The van der Waals surface area contributed by atoms with E-state index >= 15 is 0 Å². The van der Waals surface area contributed by atoms with Crippen molar-refractivity contribution in [3.63, 3.8) is 0 Å². The van der Waals surface area contributed by atoms with E-state index in [0.29, 0.717) is 5.92 Å². The molecule has 108 valence electrons. The van der Waals surface area contributed by atoms with Gasteiger partial charge in [-0.25, -0.2) is 0 Å². The zero-order valence-corrected chi connectivity index (χ0v) is 12.4. The van der Waals surface area contributed by atoms with E-state index in [-0.39, 0.29) is 0 Å². The van der Waals surface area contributed by atoms with Crippen LogP contribution in [0.25, 0.3) is 0 Å². The van der Waals surface area contributed by atoms with Crippen molar-refractivity contribution in [1.82, 2.24) is 5.32 Å². The first kappa shape index (κ1) is 16.2. The van der Waals surface area contributed by atoms with Crippen LogP contribution in [0, 0.1) is 12.8 Å². The largest absolute Gasteiger partial charge is 0.383 e. The summed E-state index contributed by atoms with van der Waals surface area (Å²) < 4.78 is 10.6. The molecule has 0 heterocycles. The highest BCUT2D eigenvalue weighted by Gasteiger charge is 2.09. The minimum absolute atomic E-state index is 0.513. The molecule has 3 heteroatoms. The molecule has 0 aliphatic rings. The molecule has 0 aliphatic heterocycles. The van der Waals surface area contributed by atoms with Crippen molar-refractivity contribution in [3.05, 3.63) is 35.4 Å². The first-order valence-corrected chi connectivity index (χ1v) is 7.09. The van der Waals surface area contributed by atoms with Crippen molar-refractivity contribution in [2.45, 2.75) is 20.3 Å². The number of ether oxygens (including phenoxy) is 2. The topological polar surface area (TPSA) is 30.5 Å². The van der Waals surface area contributed by atoms with Crippen LogP contribution in [0.4, 0.5) is 0 Å². The van der Waals surface area contributed by atoms with Gasteiger partial charge in [0.2, 0.25) is 0 Å². The number of rotatable bonds is 10. The van der Waals surface area contributed by atoms with E-state index in [0.717, 1.165) is 39.3 Å². The van der Waals surface area contributed by atoms with Crippen LogP contribution in [0.15, 0.2) is 24.3 Å². The summed E-state index contributed by atoms with van der Waals surface area (Å²) in [5.74, 6) is 0.513. The molecule has 1 rings (SSSR count). The molecule has 1 unspecified atom stereocenters. The highest BCUT2D eigenvalue weighted by molar-refractivity contribution is 5.21. The summed E-state index contributed by atoms with van der Waals surface area (Å²) >= 11 is 0. The lowest BCUT2D eigenvalue weighted by molar-refractivity contribution is 0.108. The van der Waals surface area contributed by atoms with Crippen molar-refractivity contribution < 1.29 is 9.47 Å². The van der Waals surface area contributed by atoms with Crippen molar-refractivity contribution in [3.8, 4) is 0 Å². The van der Waals surface area contributed by atoms with Gasteiger partial charge in [0, 0.05) is 26.8 Å². The number of aryl methyl sites for hydroxylation is 1. The maximum Gasteiger partial charge on any atom is 0.0587 e. The summed E-state index contributed by atoms with van der Waals surface area (Å²) in [5, 5.41) is 3.42. The fourth-order valence-electron chi connectivity index (χ4n) is 2.01. The van der Waals surface area contributed by atoms with Crippen molar-refractivity contribution in [1.29, 1.82) is 0 Å². The zero-order valence-electron chi connectivity index (χ0n) is 12.4. The highest BCUT2D eigenvalue weighted by Crippen LogP contribution is 2.10. The summed E-state index contributed by atoms with van der Waals surface area (Å²) in [5.41, 5.74) is 2.69. The van der Waals surface area contributed by atoms with Gasteiger partial charge in [0.25, 0.3) is 0 Å². The standard InChI is InChI=1S/C16H27NO2/c1-4-19-13-16(12-17-9-10-18-3)11-15-7-5-14(2)6-8-15/h5-8,16-17H,4,9-13H2,1-3H3. The van der Waals surface area contributed by atoms with Gasteiger partial charge in [-0.15, -0.1) is 0 Å². The van der Waals surface area contributed by atoms with Gasteiger partial charge in [0.15, 0.2) is 0 Å². The molecule has 0 fully saturated rings. The van der Waals surface area contributed by atoms with Crippen LogP contribution < -0.4 is 5.32 Å². The summed E-state index contributed by atoms with van der Waals surface area (Å²) in [4.78, 5) is 0. The maximum absolute atomic E-state index is 5.58. The van der Waals surface area contributed by atoms with Gasteiger partial charge < -0.3 is 14.8 Å². The Balaban J connectivity index is 2.41. The Hall–Kier alpha value is -0.900. The lowest BCUT2D eigenvalue weighted by atomic mass is 9.99. The van der Waals surface area contributed by atoms with Gasteiger partial charge in [-0.1, -0.05) is 29.8 Å². The third-order valence-corrected chi connectivity index (χ3v) is 3.12. The summed E-state index contributed by atoms with van der Waals surface area (Å²) in [6.07, 6.45) is 1.06. The van der Waals surface area contributed by atoms with Crippen LogP contribution in [0.3, 0.4) is 0 Å². The van der Waals surface area contributed by atoms with E-state index in [1.807, 2.05) is 6.92 Å². The Kier molecular flexibility index (Phi) is 8.47. The number of nitrogens with one attached hydrogen (secondary N) is 1. The molecule has 1 atom stereocenters. The second-order valence-corrected chi connectivity index (χ2v) is 4.91. The van der Waals surface area contributed by atoms with Crippen LogP contribution in [0.1, 0.15) is 18.1 Å². The van der Waals surface area contributed by atoms with Gasteiger partial charge in [-0.3, -0.25) is 0 Å². The predicted octanol–water partition coefficient (Wildman–Crippen LogP) is 2.43. The molecule has 0 aromatic heterocycles. The third-order valence-electron chi connectivity index (χ3n) is 3.12. The normalized spacial score (nSPS) is 12.6. The molecular formula is C16H27NO2. The Labute approximate surface area is 117 Å². The quantitative estimate of drug-likeness (QED) is 0.659. The average Bonchev–Trinajstić information content (AvgIpc) is 2.43. The van der Waals surface area contributed by atoms with E-state index in [9.17, 15) is 0 Å². The molecule has 0 saturated heterocycles. The lowest BCUT2D eigenvalue weighted by Crippen LogP contribution is -2.30. The molecule has 0 saturated carbocycles. The van der Waals surface area contributed by atoms with Gasteiger partial charge in [0.1, 0.15) is 0 Å². The first-order chi connectivity index (χ1) is 9.26. The molecule has 3 nitrogen and oxygen atoms in total. The lowest BCUT2D eigenvalue weighted by Gasteiger charge is -2.17. The molecule has 1 aromatic rings. The van der Waals surface area contributed by atoms with E-state index in [1.165, 1.54) is 11.1 Å². The highest BCUT2D eigenvalue weighted by atomic mass is 16.5. The maximum atomic E-state index is 5.58. The van der Waals surface area contributed by atoms with E-state index in [1.54, 1.807) is 7.11 Å². The monoisotopic (exact) mass is 265 g/mol. The summed E-state index contributed by atoms with van der Waals surface area (Å²) in [7, 11) is 1.73. The average molecular weight is 265 g/mol. The van der Waals surface area contributed by atoms with Gasteiger partial charge in [-0.05, 0) is 31.7 Å². The van der Waals surface area contributed by atoms with Crippen molar-refractivity contribution in [2.75, 3.05) is 40.0 Å². The Morgan fingerprint density at radius 2 is 1.95 bits per heavy atom. The van der Waals surface area contributed by atoms with Crippen LogP contribution >= 0.6 is 0 Å². The minimum atomic E-state index is 0.513. The van der Waals surface area contributed by atoms with Gasteiger partial charge in [0.05, 0.1) is 13.2 Å². The predicted molar refractivity (Wildman–Crippen MR) is 79.6 cm³/mol. The second kappa shape index (κ2) is 9.96. The van der Waals surface area contributed by atoms with Crippen LogP contribution in [-0.2, 0) is 15.9 Å². The summed E-state index contributed by atoms with van der Waals surface area (Å²) in [6.45, 7) is 8.37. The van der Waals surface area contributed by atoms with Gasteiger partial charge >= 0.3 is 0 Å². The molecule has 0 bridgehead atoms. The Morgan fingerprint density at radius 1 is 1.21 bits per heavy atom. The number of hydrogen-bond donors (Lipinski definition) is 1. The van der Waals surface area contributed by atoms with E-state index < -0.39 is 0 Å². The first-order valence-electron chi connectivity index (χ1n) is 7.09. The Morgan fingerprint density at radius 3 is 2.58 bits per heavy atom. The zero-order chi connectivity index (χ0) is 13.9. The molecule has 0 radical (unpaired) electrons. The second-order valence-electron chi connectivity index (χ2n) is 4.91. The van der Waals surface area contributed by atoms with Crippen molar-refractivity contribution in [2.24, 2.45) is 5.92 Å². The van der Waals surface area contributed by atoms with E-state index in [4.69, 9.17) is 9.47 Å². The molecular weight excluding hydrogens is 238 g/mol. The minimum Gasteiger partial charge on any atom is -0.383 e. The SMILES string of the molecule is CCOCC(CNCCOC)Cc1ccc(C)cc1. The molecule has 0 aliphatic carbocycles. The van der Waals surface area contributed by atoms with Crippen molar-refractivity contribution >= 4 is 0 Å². The number of methoxy groups -OCH3 is 1. The molecule has 1 N–H and O–H groups in total. The smallest absolute Gasteiger partial charge is 0.0587 e. The molecule has 19 heavy (non-hydrogen) atoms. The van der Waals surface area contributed by atoms with Crippen LogP contribution in [0.5, 0.6) is 0 Å². The molecule has 0 amide bonds. The molecule has 0 spiro atoms. The fourth-order valence-corrected chi connectivity index (χ4v) is 2.01. The van der Waals surface area contributed by atoms with Gasteiger partial charge in [-0.2, -0.15) is 0 Å². The fraction of sp³-hybridized carbons (Fsp3) is 0.625. The molecule has 1 aromatic carbocycles. The Bertz CT molecular complexity index is 324. The van der Waals surface area contributed by atoms with E-state index in [2.05, 4.69) is 36.5 Å². The third kappa shape index (κ3) is 7.31. The summed E-state index contributed by atoms with van der Waals surface area (Å²) in [6, 6.07) is 8.77. The van der Waals surface area contributed by atoms with Crippen LogP contribution in [-0.4, -0.2) is 40.0 Å².